The molecular formula is C13H25N3O. The highest BCUT2D eigenvalue weighted by Crippen LogP contribution is 2.26. The molecule has 0 fully saturated rings. The summed E-state index contributed by atoms with van der Waals surface area (Å²) in [7, 11) is 0. The van der Waals surface area contributed by atoms with Crippen molar-refractivity contribution in [1.82, 2.24) is 10.1 Å². The first kappa shape index (κ1) is 14.2. The summed E-state index contributed by atoms with van der Waals surface area (Å²) < 4.78 is 5.27. The van der Waals surface area contributed by atoms with E-state index in [0.29, 0.717) is 5.92 Å². The standard InChI is InChI=1S/C13H25N3O/c1-5-10(2)12-15-11(17-16-12)6-7-13(3,4)8-9-14/h10H,5-9,14H2,1-4H3. The van der Waals surface area contributed by atoms with Crippen LogP contribution in [0.5, 0.6) is 0 Å². The average molecular weight is 239 g/mol. The summed E-state index contributed by atoms with van der Waals surface area (Å²) in [5.41, 5.74) is 5.84. The van der Waals surface area contributed by atoms with E-state index < -0.39 is 0 Å². The maximum atomic E-state index is 5.59. The SMILES string of the molecule is CCC(C)c1noc(CCC(C)(C)CCN)n1. The second-order valence-corrected chi connectivity index (χ2v) is 5.56. The minimum Gasteiger partial charge on any atom is -0.339 e. The van der Waals surface area contributed by atoms with E-state index in [1.165, 1.54) is 0 Å². The van der Waals surface area contributed by atoms with Crippen molar-refractivity contribution in [3.8, 4) is 0 Å². The van der Waals surface area contributed by atoms with E-state index in [-0.39, 0.29) is 5.41 Å². The third-order valence-corrected chi connectivity index (χ3v) is 3.37. The van der Waals surface area contributed by atoms with Crippen LogP contribution in [0.1, 0.15) is 64.6 Å². The Morgan fingerprint density at radius 1 is 1.35 bits per heavy atom. The predicted molar refractivity (Wildman–Crippen MR) is 68.8 cm³/mol. The Kier molecular flexibility index (Phi) is 5.12. The molecule has 1 heterocycles. The third kappa shape index (κ3) is 4.46. The number of hydrogen-bond acceptors (Lipinski definition) is 4. The first-order valence-electron chi connectivity index (χ1n) is 6.51. The maximum absolute atomic E-state index is 5.59. The number of rotatable bonds is 7. The maximum Gasteiger partial charge on any atom is 0.226 e. The van der Waals surface area contributed by atoms with Gasteiger partial charge in [0, 0.05) is 12.3 Å². The molecule has 0 radical (unpaired) electrons. The molecule has 1 aromatic heterocycles. The van der Waals surface area contributed by atoms with Crippen molar-refractivity contribution in [2.75, 3.05) is 6.54 Å². The molecule has 1 unspecified atom stereocenters. The van der Waals surface area contributed by atoms with E-state index in [0.717, 1.165) is 43.9 Å². The lowest BCUT2D eigenvalue weighted by Gasteiger charge is -2.22. The molecule has 0 saturated heterocycles. The zero-order valence-corrected chi connectivity index (χ0v) is 11.5. The molecule has 0 aliphatic heterocycles. The molecular weight excluding hydrogens is 214 g/mol. The molecule has 0 amide bonds. The summed E-state index contributed by atoms with van der Waals surface area (Å²) in [5.74, 6) is 1.97. The minimum atomic E-state index is 0.250. The fourth-order valence-electron chi connectivity index (χ4n) is 1.71. The van der Waals surface area contributed by atoms with Gasteiger partial charge in [-0.05, 0) is 31.2 Å². The molecule has 0 aliphatic carbocycles. The predicted octanol–water partition coefficient (Wildman–Crippen LogP) is 2.89. The second-order valence-electron chi connectivity index (χ2n) is 5.56. The molecule has 2 N–H and O–H groups in total. The van der Waals surface area contributed by atoms with Gasteiger partial charge in [0.05, 0.1) is 0 Å². The van der Waals surface area contributed by atoms with Gasteiger partial charge in [-0.1, -0.05) is 32.9 Å². The fraction of sp³-hybridized carbons (Fsp3) is 0.846. The monoisotopic (exact) mass is 239 g/mol. The molecule has 0 aromatic carbocycles. The molecule has 0 aliphatic rings. The van der Waals surface area contributed by atoms with Crippen molar-refractivity contribution in [1.29, 1.82) is 0 Å². The molecule has 17 heavy (non-hydrogen) atoms. The highest BCUT2D eigenvalue weighted by Gasteiger charge is 2.19. The first-order valence-corrected chi connectivity index (χ1v) is 6.51. The topological polar surface area (TPSA) is 64.9 Å². The fourth-order valence-corrected chi connectivity index (χ4v) is 1.71. The average Bonchev–Trinajstić information content (AvgIpc) is 2.74. The zero-order chi connectivity index (χ0) is 12.9. The lowest BCUT2D eigenvalue weighted by atomic mass is 9.84. The van der Waals surface area contributed by atoms with Crippen LogP contribution in [-0.2, 0) is 6.42 Å². The summed E-state index contributed by atoms with van der Waals surface area (Å²) in [5, 5.41) is 4.02. The molecule has 0 saturated carbocycles. The number of aromatic nitrogens is 2. The van der Waals surface area contributed by atoms with Crippen LogP contribution in [-0.4, -0.2) is 16.7 Å². The lowest BCUT2D eigenvalue weighted by Crippen LogP contribution is -2.17. The van der Waals surface area contributed by atoms with Crippen LogP contribution in [0.15, 0.2) is 4.52 Å². The highest BCUT2D eigenvalue weighted by molar-refractivity contribution is 4.93. The number of nitrogens with zero attached hydrogens (tertiary/aromatic N) is 2. The molecule has 0 spiro atoms. The number of aryl methyl sites for hydroxylation is 1. The molecule has 1 rings (SSSR count). The Hall–Kier alpha value is -0.900. The Balaban J connectivity index is 2.50. The highest BCUT2D eigenvalue weighted by atomic mass is 16.5. The van der Waals surface area contributed by atoms with Crippen LogP contribution in [0, 0.1) is 5.41 Å². The third-order valence-electron chi connectivity index (χ3n) is 3.37. The van der Waals surface area contributed by atoms with Gasteiger partial charge in [-0.15, -0.1) is 0 Å². The van der Waals surface area contributed by atoms with Gasteiger partial charge in [-0.3, -0.25) is 0 Å². The van der Waals surface area contributed by atoms with Gasteiger partial charge in [0.2, 0.25) is 5.89 Å². The van der Waals surface area contributed by atoms with Crippen molar-refractivity contribution in [3.63, 3.8) is 0 Å². The molecule has 98 valence electrons. The quantitative estimate of drug-likeness (QED) is 0.794. The van der Waals surface area contributed by atoms with Crippen molar-refractivity contribution >= 4 is 0 Å². The Morgan fingerprint density at radius 3 is 2.65 bits per heavy atom. The van der Waals surface area contributed by atoms with Crippen LogP contribution in [0.2, 0.25) is 0 Å². The lowest BCUT2D eigenvalue weighted by molar-refractivity contribution is 0.288. The van der Waals surface area contributed by atoms with Crippen LogP contribution < -0.4 is 5.73 Å². The van der Waals surface area contributed by atoms with Crippen molar-refractivity contribution in [2.45, 2.75) is 59.3 Å². The van der Waals surface area contributed by atoms with Crippen molar-refractivity contribution in [3.05, 3.63) is 11.7 Å². The molecule has 0 bridgehead atoms. The molecule has 4 nitrogen and oxygen atoms in total. The first-order chi connectivity index (χ1) is 7.98. The van der Waals surface area contributed by atoms with Gasteiger partial charge in [0.15, 0.2) is 5.82 Å². The van der Waals surface area contributed by atoms with E-state index in [4.69, 9.17) is 10.3 Å². The summed E-state index contributed by atoms with van der Waals surface area (Å²) in [6.07, 6.45) is 3.94. The molecule has 1 aromatic rings. The van der Waals surface area contributed by atoms with Gasteiger partial charge in [-0.25, -0.2) is 0 Å². The summed E-state index contributed by atoms with van der Waals surface area (Å²) >= 11 is 0. The Morgan fingerprint density at radius 2 is 2.06 bits per heavy atom. The van der Waals surface area contributed by atoms with E-state index >= 15 is 0 Å². The summed E-state index contributed by atoms with van der Waals surface area (Å²) in [6.45, 7) is 9.44. The van der Waals surface area contributed by atoms with Gasteiger partial charge in [-0.2, -0.15) is 4.98 Å². The van der Waals surface area contributed by atoms with Gasteiger partial charge in [0.1, 0.15) is 0 Å². The van der Waals surface area contributed by atoms with Gasteiger partial charge < -0.3 is 10.3 Å². The minimum absolute atomic E-state index is 0.250. The van der Waals surface area contributed by atoms with Crippen LogP contribution in [0.25, 0.3) is 0 Å². The molecule has 4 heteroatoms. The van der Waals surface area contributed by atoms with E-state index in [9.17, 15) is 0 Å². The van der Waals surface area contributed by atoms with E-state index in [2.05, 4.69) is 37.8 Å². The molecule has 1 atom stereocenters. The smallest absolute Gasteiger partial charge is 0.226 e. The zero-order valence-electron chi connectivity index (χ0n) is 11.5. The summed E-state index contributed by atoms with van der Waals surface area (Å²) in [6, 6.07) is 0. The van der Waals surface area contributed by atoms with Crippen LogP contribution in [0.3, 0.4) is 0 Å². The van der Waals surface area contributed by atoms with E-state index in [1.807, 2.05) is 0 Å². The number of hydrogen-bond donors (Lipinski definition) is 1. The Labute approximate surface area is 104 Å². The van der Waals surface area contributed by atoms with Crippen LogP contribution in [0.4, 0.5) is 0 Å². The second kappa shape index (κ2) is 6.15. The normalized spacial score (nSPS) is 13.9. The largest absolute Gasteiger partial charge is 0.339 e. The van der Waals surface area contributed by atoms with Gasteiger partial charge >= 0.3 is 0 Å². The summed E-state index contributed by atoms with van der Waals surface area (Å²) in [4.78, 5) is 4.44. The Bertz CT molecular complexity index is 333. The van der Waals surface area contributed by atoms with Crippen molar-refractivity contribution < 1.29 is 4.52 Å². The van der Waals surface area contributed by atoms with E-state index in [1.54, 1.807) is 0 Å². The van der Waals surface area contributed by atoms with Crippen LogP contribution >= 0.6 is 0 Å². The number of nitrogens with two attached hydrogens (primary N) is 1. The van der Waals surface area contributed by atoms with Gasteiger partial charge in [0.25, 0.3) is 0 Å². The van der Waals surface area contributed by atoms with Crippen molar-refractivity contribution in [2.24, 2.45) is 11.1 Å².